The van der Waals surface area contributed by atoms with E-state index in [1.54, 1.807) is 6.92 Å². The minimum absolute atomic E-state index is 0.117. The molecule has 1 aromatic carbocycles. The van der Waals surface area contributed by atoms with Gasteiger partial charge in [0, 0.05) is 49.8 Å². The van der Waals surface area contributed by atoms with Gasteiger partial charge in [-0.1, -0.05) is 17.8 Å². The lowest BCUT2D eigenvalue weighted by molar-refractivity contribution is -0.117. The molecule has 1 unspecified atom stereocenters. The van der Waals surface area contributed by atoms with Gasteiger partial charge >= 0.3 is 0 Å². The maximum absolute atomic E-state index is 12.3. The highest BCUT2D eigenvalue weighted by atomic mass is 32.2. The molecule has 1 amide bonds. The molecule has 1 saturated heterocycles. The lowest BCUT2D eigenvalue weighted by atomic mass is 10.1. The molecule has 1 atom stereocenters. The predicted molar refractivity (Wildman–Crippen MR) is 86.5 cm³/mol. The van der Waals surface area contributed by atoms with Crippen molar-refractivity contribution in [3.05, 3.63) is 30.5 Å². The molecule has 0 spiro atoms. The lowest BCUT2D eigenvalue weighted by Gasteiger charge is -2.18. The maximum Gasteiger partial charge on any atom is 0.227 e. The van der Waals surface area contributed by atoms with E-state index in [2.05, 4.69) is 16.7 Å². The van der Waals surface area contributed by atoms with E-state index in [9.17, 15) is 9.59 Å². The third-order valence-corrected chi connectivity index (χ3v) is 4.97. The van der Waals surface area contributed by atoms with Crippen molar-refractivity contribution in [2.24, 2.45) is 13.0 Å². The molecular weight excluding hydrogens is 284 g/mol. The Labute approximate surface area is 128 Å². The molecule has 1 aliphatic rings. The highest BCUT2D eigenvalue weighted by Gasteiger charge is 2.31. The fourth-order valence-corrected chi connectivity index (χ4v) is 3.58. The molecular formula is C16H18N2O2S. The number of aryl methyl sites for hydroxylation is 1. The number of anilines is 1. The summed E-state index contributed by atoms with van der Waals surface area (Å²) >= 11 is 1.31. The van der Waals surface area contributed by atoms with Gasteiger partial charge in [0.2, 0.25) is 5.91 Å². The summed E-state index contributed by atoms with van der Waals surface area (Å²) in [4.78, 5) is 25.2. The van der Waals surface area contributed by atoms with Gasteiger partial charge in [-0.3, -0.25) is 9.59 Å². The second-order valence-corrected chi connectivity index (χ2v) is 6.71. The first-order chi connectivity index (χ1) is 10.1. The Balaban J connectivity index is 1.86. The summed E-state index contributed by atoms with van der Waals surface area (Å²) in [5.41, 5.74) is 2.11. The third-order valence-electron chi connectivity index (χ3n) is 3.92. The van der Waals surface area contributed by atoms with Crippen molar-refractivity contribution in [1.82, 2.24) is 4.57 Å². The first kappa shape index (κ1) is 14.2. The standard InChI is InChI=1S/C16H18N2O2S/c1-11(19)21-10-12-8-16(20)18(9-12)15-5-3-4-14-13(15)6-7-17(14)2/h3-7,12H,8-10H2,1-2H3. The fraction of sp³-hybridized carbons (Fsp3) is 0.375. The molecule has 0 N–H and O–H groups in total. The lowest BCUT2D eigenvalue weighted by Crippen LogP contribution is -2.24. The van der Waals surface area contributed by atoms with Gasteiger partial charge in [-0.05, 0) is 24.1 Å². The summed E-state index contributed by atoms with van der Waals surface area (Å²) < 4.78 is 2.06. The zero-order chi connectivity index (χ0) is 15.0. The van der Waals surface area contributed by atoms with Crippen LogP contribution in [0.3, 0.4) is 0 Å². The van der Waals surface area contributed by atoms with Crippen molar-refractivity contribution in [3.63, 3.8) is 0 Å². The Bertz CT molecular complexity index is 707. The van der Waals surface area contributed by atoms with E-state index < -0.39 is 0 Å². The summed E-state index contributed by atoms with van der Waals surface area (Å²) in [6.07, 6.45) is 2.54. The minimum atomic E-state index is 0.117. The largest absolute Gasteiger partial charge is 0.350 e. The zero-order valence-electron chi connectivity index (χ0n) is 12.2. The normalized spacial score (nSPS) is 18.7. The number of nitrogens with zero attached hydrogens (tertiary/aromatic N) is 2. The van der Waals surface area contributed by atoms with Gasteiger partial charge in [-0.2, -0.15) is 0 Å². The SMILES string of the molecule is CC(=O)SCC1CC(=O)N(c2cccc3c2ccn3C)C1. The number of fused-ring (bicyclic) bond motifs is 1. The van der Waals surface area contributed by atoms with E-state index in [1.807, 2.05) is 30.3 Å². The van der Waals surface area contributed by atoms with Crippen LogP contribution >= 0.6 is 11.8 Å². The van der Waals surface area contributed by atoms with Crippen molar-refractivity contribution < 1.29 is 9.59 Å². The molecule has 2 heterocycles. The molecule has 0 bridgehead atoms. The fourth-order valence-electron chi connectivity index (χ4n) is 2.88. The van der Waals surface area contributed by atoms with Gasteiger partial charge in [0.25, 0.3) is 0 Å². The molecule has 0 saturated carbocycles. The second kappa shape index (κ2) is 5.56. The quantitative estimate of drug-likeness (QED) is 0.875. The van der Waals surface area contributed by atoms with Gasteiger partial charge in [0.15, 0.2) is 5.12 Å². The molecule has 3 rings (SSSR count). The average molecular weight is 302 g/mol. The first-order valence-electron chi connectivity index (χ1n) is 7.04. The van der Waals surface area contributed by atoms with Crippen LogP contribution in [0.5, 0.6) is 0 Å². The highest BCUT2D eigenvalue weighted by Crippen LogP contribution is 2.33. The van der Waals surface area contributed by atoms with Gasteiger partial charge < -0.3 is 9.47 Å². The Morgan fingerprint density at radius 3 is 2.95 bits per heavy atom. The highest BCUT2D eigenvalue weighted by molar-refractivity contribution is 8.13. The monoisotopic (exact) mass is 302 g/mol. The average Bonchev–Trinajstić information content (AvgIpc) is 3.00. The number of hydrogen-bond donors (Lipinski definition) is 0. The van der Waals surface area contributed by atoms with E-state index in [1.165, 1.54) is 11.8 Å². The molecule has 21 heavy (non-hydrogen) atoms. The van der Waals surface area contributed by atoms with Gasteiger partial charge in [0.1, 0.15) is 0 Å². The number of aromatic nitrogens is 1. The molecule has 5 heteroatoms. The predicted octanol–water partition coefficient (Wildman–Crippen LogP) is 2.81. The molecule has 4 nitrogen and oxygen atoms in total. The smallest absolute Gasteiger partial charge is 0.227 e. The van der Waals surface area contributed by atoms with Crippen LogP contribution in [0.4, 0.5) is 5.69 Å². The maximum atomic E-state index is 12.3. The molecule has 2 aromatic rings. The topological polar surface area (TPSA) is 42.3 Å². The van der Waals surface area contributed by atoms with Crippen LogP contribution in [0.25, 0.3) is 10.9 Å². The van der Waals surface area contributed by atoms with Crippen molar-refractivity contribution in [1.29, 1.82) is 0 Å². The Morgan fingerprint density at radius 1 is 1.38 bits per heavy atom. The Hall–Kier alpha value is -1.75. The van der Waals surface area contributed by atoms with Crippen molar-refractivity contribution in [2.45, 2.75) is 13.3 Å². The Morgan fingerprint density at radius 2 is 2.19 bits per heavy atom. The summed E-state index contributed by atoms with van der Waals surface area (Å²) in [6, 6.07) is 8.10. The van der Waals surface area contributed by atoms with E-state index in [4.69, 9.17) is 0 Å². The van der Waals surface area contributed by atoms with Crippen LogP contribution < -0.4 is 4.90 Å². The van der Waals surface area contributed by atoms with Crippen molar-refractivity contribution >= 4 is 39.4 Å². The van der Waals surface area contributed by atoms with Crippen LogP contribution in [-0.2, 0) is 16.6 Å². The third kappa shape index (κ3) is 2.70. The number of thioether (sulfide) groups is 1. The number of amides is 1. The van der Waals surface area contributed by atoms with Gasteiger partial charge in [0.05, 0.1) is 5.69 Å². The van der Waals surface area contributed by atoms with E-state index in [0.717, 1.165) is 22.3 Å². The molecule has 1 fully saturated rings. The van der Waals surface area contributed by atoms with Gasteiger partial charge in [-0.25, -0.2) is 0 Å². The number of hydrogen-bond acceptors (Lipinski definition) is 3. The zero-order valence-corrected chi connectivity index (χ0v) is 13.0. The molecule has 1 aliphatic heterocycles. The minimum Gasteiger partial charge on any atom is -0.350 e. The van der Waals surface area contributed by atoms with Crippen molar-refractivity contribution in [2.75, 3.05) is 17.2 Å². The van der Waals surface area contributed by atoms with Crippen LogP contribution in [0.1, 0.15) is 13.3 Å². The van der Waals surface area contributed by atoms with Crippen molar-refractivity contribution in [3.8, 4) is 0 Å². The van der Waals surface area contributed by atoms with E-state index in [-0.39, 0.29) is 16.9 Å². The summed E-state index contributed by atoms with van der Waals surface area (Å²) in [5, 5.41) is 1.22. The molecule has 1 aromatic heterocycles. The van der Waals surface area contributed by atoms with Crippen LogP contribution in [0.2, 0.25) is 0 Å². The number of benzene rings is 1. The van der Waals surface area contributed by atoms with Crippen LogP contribution in [-0.4, -0.2) is 27.9 Å². The number of rotatable bonds is 3. The number of carbonyl (C=O) groups is 2. The van der Waals surface area contributed by atoms with E-state index in [0.29, 0.717) is 13.0 Å². The van der Waals surface area contributed by atoms with Crippen LogP contribution in [0, 0.1) is 5.92 Å². The Kier molecular flexibility index (Phi) is 3.76. The first-order valence-corrected chi connectivity index (χ1v) is 8.02. The van der Waals surface area contributed by atoms with Gasteiger partial charge in [-0.15, -0.1) is 0 Å². The summed E-state index contributed by atoms with van der Waals surface area (Å²) in [5.74, 6) is 1.13. The second-order valence-electron chi connectivity index (χ2n) is 5.51. The summed E-state index contributed by atoms with van der Waals surface area (Å²) in [6.45, 7) is 2.27. The van der Waals surface area contributed by atoms with Crippen LogP contribution in [0.15, 0.2) is 30.5 Å². The molecule has 0 radical (unpaired) electrons. The molecule has 0 aliphatic carbocycles. The summed E-state index contributed by atoms with van der Waals surface area (Å²) in [7, 11) is 2.00. The number of carbonyl (C=O) groups excluding carboxylic acids is 2. The van der Waals surface area contributed by atoms with E-state index >= 15 is 0 Å². The molecule has 110 valence electrons.